The Hall–Kier alpha value is -1.26. The van der Waals surface area contributed by atoms with E-state index in [0.29, 0.717) is 29.2 Å². The van der Waals surface area contributed by atoms with E-state index >= 15 is 0 Å². The van der Waals surface area contributed by atoms with Gasteiger partial charge >= 0.3 is 0 Å². The summed E-state index contributed by atoms with van der Waals surface area (Å²) in [5, 5.41) is 13.8. The lowest BCUT2D eigenvalue weighted by atomic mass is 9.48. The van der Waals surface area contributed by atoms with Crippen LogP contribution in [0.1, 0.15) is 46.0 Å². The van der Waals surface area contributed by atoms with Crippen LogP contribution in [-0.4, -0.2) is 29.3 Å². The molecule has 2 N–H and O–H groups in total. The molecule has 4 saturated carbocycles. The Bertz CT molecular complexity index is 671. The van der Waals surface area contributed by atoms with Crippen molar-refractivity contribution in [3.63, 3.8) is 0 Å². The van der Waals surface area contributed by atoms with E-state index in [1.54, 1.807) is 24.3 Å². The zero-order chi connectivity index (χ0) is 18.5. The van der Waals surface area contributed by atoms with Gasteiger partial charge in [0.15, 0.2) is 5.60 Å². The Morgan fingerprint density at radius 3 is 2.42 bits per heavy atom. The molecule has 5 heteroatoms. The van der Waals surface area contributed by atoms with E-state index in [1.807, 2.05) is 13.8 Å². The van der Waals surface area contributed by atoms with E-state index in [0.717, 1.165) is 18.8 Å². The topological polar surface area (TPSA) is 58.6 Å². The van der Waals surface area contributed by atoms with Crippen LogP contribution < -0.4 is 10.1 Å². The van der Waals surface area contributed by atoms with Crippen molar-refractivity contribution in [2.75, 3.05) is 6.61 Å². The van der Waals surface area contributed by atoms with Crippen molar-refractivity contribution in [3.05, 3.63) is 29.3 Å². The van der Waals surface area contributed by atoms with Gasteiger partial charge in [0.2, 0.25) is 0 Å². The number of amides is 1. The second-order valence-electron chi connectivity index (χ2n) is 9.19. The molecule has 0 heterocycles. The maximum atomic E-state index is 13.0. The Labute approximate surface area is 160 Å². The predicted molar refractivity (Wildman–Crippen MR) is 101 cm³/mol. The predicted octanol–water partition coefficient (Wildman–Crippen LogP) is 3.80. The Balaban J connectivity index is 1.44. The highest BCUT2D eigenvalue weighted by Gasteiger charge is 2.55. The van der Waals surface area contributed by atoms with E-state index in [2.05, 4.69) is 5.32 Å². The molecule has 4 unspecified atom stereocenters. The Kier molecular flexibility index (Phi) is 4.47. The maximum Gasteiger partial charge on any atom is 0.263 e. The van der Waals surface area contributed by atoms with Gasteiger partial charge in [-0.2, -0.15) is 0 Å². The zero-order valence-electron chi connectivity index (χ0n) is 15.5. The van der Waals surface area contributed by atoms with Crippen LogP contribution >= 0.6 is 11.6 Å². The van der Waals surface area contributed by atoms with Crippen LogP contribution in [0.25, 0.3) is 0 Å². The summed E-state index contributed by atoms with van der Waals surface area (Å²) in [5.74, 6) is 2.28. The number of rotatable bonds is 5. The summed E-state index contributed by atoms with van der Waals surface area (Å²) in [4.78, 5) is 13.0. The standard InChI is InChI=1S/C21H28ClNO3/c1-20(2,26-17-5-3-16(22)4-6-17)19(25)23-18-14-7-13-8-15(18)11-21(9-13,10-14)12-24/h3-6,13-15,18,24H,7-12H2,1-2H3,(H,23,25)/t13?,14-,15?,18?,21?/m1/s1. The van der Waals surface area contributed by atoms with Crippen molar-refractivity contribution in [1.29, 1.82) is 0 Å². The summed E-state index contributed by atoms with van der Waals surface area (Å²) in [7, 11) is 0. The van der Waals surface area contributed by atoms with E-state index in [1.165, 1.54) is 19.3 Å². The fourth-order valence-corrected chi connectivity index (χ4v) is 5.92. The van der Waals surface area contributed by atoms with E-state index in [4.69, 9.17) is 16.3 Å². The largest absolute Gasteiger partial charge is 0.478 e. The summed E-state index contributed by atoms with van der Waals surface area (Å²) in [6.45, 7) is 3.91. The van der Waals surface area contributed by atoms with E-state index < -0.39 is 5.60 Å². The minimum Gasteiger partial charge on any atom is -0.478 e. The summed E-state index contributed by atoms with van der Waals surface area (Å²) < 4.78 is 5.94. The molecule has 5 rings (SSSR count). The average Bonchev–Trinajstić information content (AvgIpc) is 2.59. The lowest BCUT2D eigenvalue weighted by Gasteiger charge is -2.59. The van der Waals surface area contributed by atoms with Crippen LogP contribution in [0.4, 0.5) is 0 Å². The molecule has 4 fully saturated rings. The van der Waals surface area contributed by atoms with Crippen LogP contribution in [-0.2, 0) is 4.79 Å². The van der Waals surface area contributed by atoms with Crippen LogP contribution in [0.5, 0.6) is 5.75 Å². The second-order valence-corrected chi connectivity index (χ2v) is 9.63. The number of carbonyl (C=O) groups is 1. The first-order valence-electron chi connectivity index (χ1n) is 9.67. The van der Waals surface area contributed by atoms with Crippen molar-refractivity contribution >= 4 is 17.5 Å². The summed E-state index contributed by atoms with van der Waals surface area (Å²) in [5.41, 5.74) is -0.829. The highest BCUT2D eigenvalue weighted by molar-refractivity contribution is 6.30. The first-order chi connectivity index (χ1) is 12.3. The number of hydrogen-bond acceptors (Lipinski definition) is 3. The van der Waals surface area contributed by atoms with Crippen molar-refractivity contribution in [1.82, 2.24) is 5.32 Å². The molecule has 4 aliphatic carbocycles. The Morgan fingerprint density at radius 2 is 1.85 bits per heavy atom. The van der Waals surface area contributed by atoms with Crippen LogP contribution in [0.3, 0.4) is 0 Å². The van der Waals surface area contributed by atoms with Gasteiger partial charge in [-0.15, -0.1) is 0 Å². The molecule has 5 atom stereocenters. The van der Waals surface area contributed by atoms with Gasteiger partial charge in [0.25, 0.3) is 5.91 Å². The van der Waals surface area contributed by atoms with Gasteiger partial charge in [0.05, 0.1) is 0 Å². The SMILES string of the molecule is CC(C)(Oc1ccc(Cl)cc1)C(=O)NC1C2CC3C[C@@H]1CC(CO)(C3)C2. The van der Waals surface area contributed by atoms with E-state index in [-0.39, 0.29) is 17.4 Å². The normalized spacial score (nSPS) is 35.4. The van der Waals surface area contributed by atoms with Gasteiger partial charge in [-0.05, 0) is 93.4 Å². The number of hydrogen-bond donors (Lipinski definition) is 2. The van der Waals surface area contributed by atoms with Gasteiger partial charge in [-0.1, -0.05) is 11.6 Å². The van der Waals surface area contributed by atoms with Crippen molar-refractivity contribution in [3.8, 4) is 5.75 Å². The molecule has 0 spiro atoms. The highest BCUT2D eigenvalue weighted by atomic mass is 35.5. The molecule has 0 aliphatic heterocycles. The fourth-order valence-electron chi connectivity index (χ4n) is 5.79. The van der Waals surface area contributed by atoms with Crippen LogP contribution in [0.15, 0.2) is 24.3 Å². The zero-order valence-corrected chi connectivity index (χ0v) is 16.3. The summed E-state index contributed by atoms with van der Waals surface area (Å²) >= 11 is 5.91. The summed E-state index contributed by atoms with van der Waals surface area (Å²) in [6.07, 6.45) is 5.62. The third kappa shape index (κ3) is 3.22. The average molecular weight is 378 g/mol. The quantitative estimate of drug-likeness (QED) is 0.820. The molecule has 1 aromatic carbocycles. The molecule has 4 bridgehead atoms. The van der Waals surface area contributed by atoms with Crippen LogP contribution in [0, 0.1) is 23.2 Å². The number of carbonyl (C=O) groups excluding carboxylic acids is 1. The molecule has 1 aromatic rings. The minimum atomic E-state index is -0.947. The first-order valence-corrected chi connectivity index (χ1v) is 10.0. The van der Waals surface area contributed by atoms with Gasteiger partial charge in [0.1, 0.15) is 5.75 Å². The molecule has 4 nitrogen and oxygen atoms in total. The molecule has 0 radical (unpaired) electrons. The number of aliphatic hydroxyl groups is 1. The molecular weight excluding hydrogens is 350 g/mol. The smallest absolute Gasteiger partial charge is 0.263 e. The van der Waals surface area contributed by atoms with Crippen molar-refractivity contribution in [2.24, 2.45) is 23.2 Å². The van der Waals surface area contributed by atoms with Crippen molar-refractivity contribution < 1.29 is 14.6 Å². The molecule has 1 amide bonds. The van der Waals surface area contributed by atoms with Gasteiger partial charge in [-0.25, -0.2) is 0 Å². The second kappa shape index (κ2) is 6.42. The summed E-state index contributed by atoms with van der Waals surface area (Å²) in [6, 6.07) is 7.30. The van der Waals surface area contributed by atoms with Crippen LogP contribution in [0.2, 0.25) is 5.02 Å². The molecule has 0 saturated heterocycles. The van der Waals surface area contributed by atoms with E-state index in [9.17, 15) is 9.90 Å². The number of aliphatic hydroxyl groups excluding tert-OH is 1. The molecular formula is C21H28ClNO3. The number of nitrogens with one attached hydrogen (secondary N) is 1. The van der Waals surface area contributed by atoms with Gasteiger partial charge in [-0.3, -0.25) is 4.79 Å². The number of halogens is 1. The van der Waals surface area contributed by atoms with Gasteiger partial charge < -0.3 is 15.2 Å². The lowest BCUT2D eigenvalue weighted by molar-refractivity contribution is -0.142. The number of benzene rings is 1. The third-order valence-electron chi connectivity index (χ3n) is 6.77. The third-order valence-corrected chi connectivity index (χ3v) is 7.02. The maximum absolute atomic E-state index is 13.0. The monoisotopic (exact) mass is 377 g/mol. The van der Waals surface area contributed by atoms with Gasteiger partial charge in [0, 0.05) is 17.7 Å². The molecule has 4 aliphatic rings. The minimum absolute atomic E-state index is 0.0667. The fraction of sp³-hybridized carbons (Fsp3) is 0.667. The Morgan fingerprint density at radius 1 is 1.23 bits per heavy atom. The number of ether oxygens (including phenoxy) is 1. The molecule has 142 valence electrons. The lowest BCUT2D eigenvalue weighted by Crippen LogP contribution is -2.62. The van der Waals surface area contributed by atoms with Crippen molar-refractivity contribution in [2.45, 2.75) is 57.6 Å². The molecule has 0 aromatic heterocycles. The highest BCUT2D eigenvalue weighted by Crippen LogP contribution is 2.59. The first kappa shape index (κ1) is 18.1. The molecule has 26 heavy (non-hydrogen) atoms.